The molecule has 0 radical (unpaired) electrons. The van der Waals surface area contributed by atoms with Crippen molar-refractivity contribution in [1.82, 2.24) is 0 Å². The van der Waals surface area contributed by atoms with Gasteiger partial charge >= 0.3 is 5.97 Å². The average Bonchev–Trinajstić information content (AvgIpc) is 3.50. The van der Waals surface area contributed by atoms with E-state index in [1.165, 1.54) is 76.2 Å². The van der Waals surface area contributed by atoms with Gasteiger partial charge in [0.05, 0.1) is 6.26 Å². The van der Waals surface area contributed by atoms with Gasteiger partial charge in [-0.3, -0.25) is 4.79 Å². The number of hydrogen-bond acceptors (Lipinski definition) is 4. The standard InChI is InChI=1S/C36H56O4/c1-3-4-5-6-7-8-9-10-11-12-13-14-15-16-33(37)40-27-36(38)26-35-23-19-30-29-21-24-39-31(29)20-22-34(30,2)32(35)18-17-28(36)25-35/h20-22,24,28,30,32,38H,3-19,23,25-27H2,1-2H3. The molecule has 224 valence electrons. The van der Waals surface area contributed by atoms with Crippen LogP contribution in [0.3, 0.4) is 0 Å². The van der Waals surface area contributed by atoms with Crippen molar-refractivity contribution in [3.05, 3.63) is 29.7 Å². The van der Waals surface area contributed by atoms with Crippen molar-refractivity contribution in [3.8, 4) is 0 Å². The highest BCUT2D eigenvalue weighted by Crippen LogP contribution is 2.71. The number of carbonyl (C=O) groups is 1. The summed E-state index contributed by atoms with van der Waals surface area (Å²) in [6, 6.07) is 2.17. The molecule has 6 unspecified atom stereocenters. The molecule has 0 amide bonds. The molecule has 4 aliphatic carbocycles. The first kappa shape index (κ1) is 29.9. The Labute approximate surface area is 243 Å². The summed E-state index contributed by atoms with van der Waals surface area (Å²) < 4.78 is 11.5. The van der Waals surface area contributed by atoms with Crippen LogP contribution in [0.2, 0.25) is 0 Å². The summed E-state index contributed by atoms with van der Waals surface area (Å²) in [5.74, 6) is 2.23. The van der Waals surface area contributed by atoms with Crippen molar-refractivity contribution >= 4 is 12.0 Å². The molecule has 0 aromatic carbocycles. The normalized spacial score (nSPS) is 33.8. The van der Waals surface area contributed by atoms with Crippen LogP contribution < -0.4 is 0 Å². The maximum atomic E-state index is 12.6. The summed E-state index contributed by atoms with van der Waals surface area (Å²) in [5.41, 5.74) is 0.784. The van der Waals surface area contributed by atoms with Crippen LogP contribution in [-0.2, 0) is 9.53 Å². The van der Waals surface area contributed by atoms with Crippen LogP contribution in [0.1, 0.15) is 160 Å². The van der Waals surface area contributed by atoms with Crippen LogP contribution in [-0.4, -0.2) is 23.3 Å². The van der Waals surface area contributed by atoms with Gasteiger partial charge in [0.15, 0.2) is 0 Å². The summed E-state index contributed by atoms with van der Waals surface area (Å²) in [5, 5.41) is 11.8. The van der Waals surface area contributed by atoms with Gasteiger partial charge in [0.1, 0.15) is 18.0 Å². The summed E-state index contributed by atoms with van der Waals surface area (Å²) in [4.78, 5) is 12.6. The van der Waals surface area contributed by atoms with E-state index < -0.39 is 5.60 Å². The molecular weight excluding hydrogens is 496 g/mol. The first-order valence-electron chi connectivity index (χ1n) is 17.0. The Kier molecular flexibility index (Phi) is 9.86. The monoisotopic (exact) mass is 552 g/mol. The highest BCUT2D eigenvalue weighted by Gasteiger charge is 2.65. The lowest BCUT2D eigenvalue weighted by Crippen LogP contribution is -2.49. The van der Waals surface area contributed by atoms with Crippen LogP contribution in [0.4, 0.5) is 0 Å². The predicted molar refractivity (Wildman–Crippen MR) is 162 cm³/mol. The zero-order valence-electron chi connectivity index (χ0n) is 25.6. The number of hydrogen-bond donors (Lipinski definition) is 1. The van der Waals surface area contributed by atoms with Crippen molar-refractivity contribution < 1.29 is 19.1 Å². The molecule has 4 aliphatic rings. The van der Waals surface area contributed by atoms with Gasteiger partial charge in [0, 0.05) is 12.0 Å². The molecule has 1 aromatic rings. The van der Waals surface area contributed by atoms with Crippen LogP contribution in [0.5, 0.6) is 0 Å². The topological polar surface area (TPSA) is 59.7 Å². The number of esters is 1. The van der Waals surface area contributed by atoms with Gasteiger partial charge in [-0.05, 0) is 85.7 Å². The Morgan fingerprint density at radius 3 is 2.35 bits per heavy atom. The Hall–Kier alpha value is -1.55. The number of aliphatic hydroxyl groups is 1. The third-order valence-corrected chi connectivity index (χ3v) is 11.7. The molecule has 0 saturated heterocycles. The highest BCUT2D eigenvalue weighted by atomic mass is 16.5. The first-order chi connectivity index (χ1) is 19.4. The molecule has 2 bridgehead atoms. The second-order valence-corrected chi connectivity index (χ2v) is 14.4. The number of fused-ring (bicyclic) bond motifs is 5. The average molecular weight is 553 g/mol. The van der Waals surface area contributed by atoms with Gasteiger partial charge in [-0.25, -0.2) is 0 Å². The minimum Gasteiger partial charge on any atom is -0.465 e. The van der Waals surface area contributed by atoms with E-state index in [2.05, 4.69) is 32.1 Å². The van der Waals surface area contributed by atoms with Crippen molar-refractivity contribution in [3.63, 3.8) is 0 Å². The fourth-order valence-corrected chi connectivity index (χ4v) is 9.60. The molecular formula is C36H56O4. The number of furan rings is 1. The van der Waals surface area contributed by atoms with E-state index in [-0.39, 0.29) is 29.3 Å². The second kappa shape index (κ2) is 13.2. The third-order valence-electron chi connectivity index (χ3n) is 11.7. The fourth-order valence-electron chi connectivity index (χ4n) is 9.60. The molecule has 0 aliphatic heterocycles. The number of unbranched alkanes of at least 4 members (excludes halogenated alkanes) is 12. The molecule has 40 heavy (non-hydrogen) atoms. The van der Waals surface area contributed by atoms with Gasteiger partial charge < -0.3 is 14.3 Å². The van der Waals surface area contributed by atoms with E-state index in [0.29, 0.717) is 18.3 Å². The molecule has 1 N–H and O–H groups in total. The first-order valence-corrected chi connectivity index (χ1v) is 17.0. The smallest absolute Gasteiger partial charge is 0.305 e. The Morgan fingerprint density at radius 2 is 1.65 bits per heavy atom. The Bertz CT molecular complexity index is 995. The number of allylic oxidation sites excluding steroid dienone is 1. The minimum absolute atomic E-state index is 0.107. The summed E-state index contributed by atoms with van der Waals surface area (Å²) >= 11 is 0. The lowest BCUT2D eigenvalue weighted by Gasteiger charge is -2.58. The van der Waals surface area contributed by atoms with Crippen LogP contribution in [0, 0.1) is 22.7 Å². The second-order valence-electron chi connectivity index (χ2n) is 14.4. The molecule has 5 rings (SSSR count). The third kappa shape index (κ3) is 6.27. The van der Waals surface area contributed by atoms with Gasteiger partial charge in [0.2, 0.25) is 0 Å². The highest BCUT2D eigenvalue weighted by molar-refractivity contribution is 5.69. The van der Waals surface area contributed by atoms with Gasteiger partial charge in [-0.1, -0.05) is 97.0 Å². The lowest BCUT2D eigenvalue weighted by atomic mass is 9.46. The van der Waals surface area contributed by atoms with Crippen LogP contribution in [0.15, 0.2) is 22.8 Å². The fraction of sp³-hybridized carbons (Fsp3) is 0.806. The van der Waals surface area contributed by atoms with E-state index >= 15 is 0 Å². The van der Waals surface area contributed by atoms with Gasteiger partial charge in [-0.2, -0.15) is 0 Å². The molecule has 6 atom stereocenters. The molecule has 1 spiro atoms. The zero-order valence-corrected chi connectivity index (χ0v) is 25.6. The maximum absolute atomic E-state index is 12.6. The molecule has 1 aromatic heterocycles. The number of carbonyl (C=O) groups excluding carboxylic acids is 1. The Morgan fingerprint density at radius 1 is 0.975 bits per heavy atom. The zero-order chi connectivity index (χ0) is 28.1. The summed E-state index contributed by atoms with van der Waals surface area (Å²) in [6.45, 7) is 4.91. The van der Waals surface area contributed by atoms with E-state index in [0.717, 1.165) is 57.1 Å². The number of rotatable bonds is 16. The van der Waals surface area contributed by atoms with Crippen LogP contribution >= 0.6 is 0 Å². The van der Waals surface area contributed by atoms with Crippen molar-refractivity contribution in [1.29, 1.82) is 0 Å². The molecule has 3 saturated carbocycles. The SMILES string of the molecule is CCCCCCCCCCCCCCCC(=O)OCC1(O)CC23CCC4c5ccoc5C=CC4(C)C2CCC1C3. The van der Waals surface area contributed by atoms with Crippen molar-refractivity contribution in [2.24, 2.45) is 22.7 Å². The van der Waals surface area contributed by atoms with Crippen molar-refractivity contribution in [2.45, 2.75) is 154 Å². The lowest BCUT2D eigenvalue weighted by molar-refractivity contribution is -0.154. The molecule has 3 fully saturated rings. The van der Waals surface area contributed by atoms with E-state index in [9.17, 15) is 9.90 Å². The quantitative estimate of drug-likeness (QED) is 0.164. The number of ether oxygens (including phenoxy) is 1. The van der Waals surface area contributed by atoms with E-state index in [1.54, 1.807) is 0 Å². The molecule has 1 heterocycles. The minimum atomic E-state index is -0.858. The maximum Gasteiger partial charge on any atom is 0.305 e. The molecule has 4 nitrogen and oxygen atoms in total. The van der Waals surface area contributed by atoms with Gasteiger partial charge in [-0.15, -0.1) is 0 Å². The largest absolute Gasteiger partial charge is 0.465 e. The summed E-state index contributed by atoms with van der Waals surface area (Å²) in [7, 11) is 0. The Balaban J connectivity index is 0.995. The predicted octanol–water partition coefficient (Wildman–Crippen LogP) is 9.75. The summed E-state index contributed by atoms with van der Waals surface area (Å²) in [6.07, 6.45) is 30.2. The molecule has 4 heteroatoms. The van der Waals surface area contributed by atoms with E-state index in [1.807, 2.05) is 6.26 Å². The van der Waals surface area contributed by atoms with E-state index in [4.69, 9.17) is 9.15 Å². The van der Waals surface area contributed by atoms with Gasteiger partial charge in [0.25, 0.3) is 0 Å². The van der Waals surface area contributed by atoms with Crippen molar-refractivity contribution in [2.75, 3.05) is 6.61 Å². The van der Waals surface area contributed by atoms with Crippen LogP contribution in [0.25, 0.3) is 6.08 Å².